The molecule has 0 saturated carbocycles. The van der Waals surface area contributed by atoms with Gasteiger partial charge in [0, 0.05) is 43.8 Å². The molecule has 6 nitrogen and oxygen atoms in total. The van der Waals surface area contributed by atoms with Crippen LogP contribution in [0.25, 0.3) is 177 Å². The minimum Gasteiger partial charge on any atom is -0.278 e. The zero-order valence-corrected chi connectivity index (χ0v) is 53.3. The SMILES string of the molecule is c1ccc(-c2ccc3c(c2)c2cccc4c5cc(-c6ccccc6)ccc5n(-c5nc(-c6ccccc6)cc(-c6ccccc6)n5)c5ccc(-c6ccccc6)cc5c5cccc(c6cc(-c7ccccc7)ccc6n3-c3nc(-c6ccccc6)cc(-c6ccccc6)n3)c5c24)cc1. The highest BCUT2D eigenvalue weighted by atomic mass is 15.2. The maximum atomic E-state index is 5.74. The number of rotatable bonds is 10. The van der Waals surface area contributed by atoms with E-state index in [1.807, 2.05) is 0 Å². The van der Waals surface area contributed by atoms with Gasteiger partial charge in [0.05, 0.1) is 44.8 Å². The lowest BCUT2D eigenvalue weighted by Gasteiger charge is -2.17. The van der Waals surface area contributed by atoms with Crippen LogP contribution in [-0.4, -0.2) is 29.1 Å². The molecule has 0 saturated heterocycles. The van der Waals surface area contributed by atoms with Crippen molar-refractivity contribution in [1.82, 2.24) is 29.1 Å². The first kappa shape index (κ1) is 57.5. The second-order valence-electron chi connectivity index (χ2n) is 24.9. The molecule has 14 aromatic carbocycles. The van der Waals surface area contributed by atoms with Crippen LogP contribution in [0.15, 0.2) is 364 Å². The fraction of sp³-hybridized carbons (Fsp3) is 0. The van der Waals surface area contributed by atoms with E-state index >= 15 is 0 Å². The molecule has 98 heavy (non-hydrogen) atoms. The van der Waals surface area contributed by atoms with E-state index in [2.05, 4.69) is 373 Å². The van der Waals surface area contributed by atoms with Gasteiger partial charge in [0.15, 0.2) is 0 Å². The van der Waals surface area contributed by atoms with Crippen LogP contribution in [0.5, 0.6) is 0 Å². The van der Waals surface area contributed by atoms with E-state index in [4.69, 9.17) is 19.9 Å². The lowest BCUT2D eigenvalue weighted by molar-refractivity contribution is 0.991. The lowest BCUT2D eigenvalue weighted by atomic mass is 9.92. The Hall–Kier alpha value is -13.2. The molecule has 4 aromatic heterocycles. The fourth-order valence-electron chi connectivity index (χ4n) is 14.4. The number of hydrogen-bond donors (Lipinski definition) is 0. The first-order chi connectivity index (χ1) is 48.6. The van der Waals surface area contributed by atoms with Crippen molar-refractivity contribution in [3.63, 3.8) is 0 Å². The average molecular weight is 1250 g/mol. The van der Waals surface area contributed by atoms with Crippen molar-refractivity contribution in [1.29, 1.82) is 0 Å². The molecule has 4 heterocycles. The van der Waals surface area contributed by atoms with Gasteiger partial charge in [0.25, 0.3) is 0 Å². The van der Waals surface area contributed by atoms with E-state index in [0.29, 0.717) is 11.9 Å². The van der Waals surface area contributed by atoms with Gasteiger partial charge in [-0.2, -0.15) is 0 Å². The minimum atomic E-state index is 0.532. The Labute approximate surface area is 567 Å². The van der Waals surface area contributed by atoms with E-state index in [0.717, 1.165) is 165 Å². The molecule has 0 N–H and O–H groups in total. The molecule has 0 aliphatic carbocycles. The summed E-state index contributed by atoms with van der Waals surface area (Å²) in [7, 11) is 0. The molecule has 0 bridgehead atoms. The molecular weight excluding hydrogens is 1190 g/mol. The summed E-state index contributed by atoms with van der Waals surface area (Å²) in [6, 6.07) is 131. The van der Waals surface area contributed by atoms with Gasteiger partial charge < -0.3 is 0 Å². The van der Waals surface area contributed by atoms with Gasteiger partial charge in [0.2, 0.25) is 11.9 Å². The highest BCUT2D eigenvalue weighted by molar-refractivity contribution is 6.34. The van der Waals surface area contributed by atoms with Gasteiger partial charge in [0.1, 0.15) is 0 Å². The maximum absolute atomic E-state index is 5.74. The van der Waals surface area contributed by atoms with Gasteiger partial charge in [-0.25, -0.2) is 19.9 Å². The molecule has 0 fully saturated rings. The molecule has 0 amide bonds. The first-order valence-corrected chi connectivity index (χ1v) is 33.3. The van der Waals surface area contributed by atoms with E-state index in [1.165, 1.54) is 0 Å². The Bertz CT molecular complexity index is 5440. The van der Waals surface area contributed by atoms with Gasteiger partial charge in [-0.15, -0.1) is 0 Å². The Balaban J connectivity index is 1.14. The summed E-state index contributed by atoms with van der Waals surface area (Å²) in [5.41, 5.74) is 19.5. The van der Waals surface area contributed by atoms with Gasteiger partial charge in [-0.3, -0.25) is 9.13 Å². The van der Waals surface area contributed by atoms with E-state index in [9.17, 15) is 0 Å². The molecule has 0 aliphatic heterocycles. The van der Waals surface area contributed by atoms with Crippen molar-refractivity contribution in [2.45, 2.75) is 0 Å². The van der Waals surface area contributed by atoms with Crippen molar-refractivity contribution in [3.8, 4) is 101 Å². The highest BCUT2D eigenvalue weighted by Crippen LogP contribution is 2.45. The Kier molecular flexibility index (Phi) is 14.5. The van der Waals surface area contributed by atoms with Gasteiger partial charge in [-0.1, -0.05) is 303 Å². The highest BCUT2D eigenvalue weighted by Gasteiger charge is 2.23. The van der Waals surface area contributed by atoms with Crippen LogP contribution in [0.2, 0.25) is 0 Å². The van der Waals surface area contributed by atoms with Gasteiger partial charge in [-0.05, 0) is 137 Å². The molecule has 6 heteroatoms. The predicted octanol–water partition coefficient (Wildman–Crippen LogP) is 23.9. The molecule has 0 aliphatic rings. The van der Waals surface area contributed by atoms with E-state index < -0.39 is 0 Å². The largest absolute Gasteiger partial charge is 0.278 e. The maximum Gasteiger partial charge on any atom is 0.235 e. The fourth-order valence-corrected chi connectivity index (χ4v) is 14.4. The summed E-state index contributed by atoms with van der Waals surface area (Å²) in [6.45, 7) is 0. The number of aromatic nitrogens is 6. The number of hydrogen-bond acceptors (Lipinski definition) is 4. The molecule has 0 spiro atoms. The third-order valence-corrected chi connectivity index (χ3v) is 19.0. The smallest absolute Gasteiger partial charge is 0.235 e. The Morgan fingerprint density at radius 3 is 0.571 bits per heavy atom. The van der Waals surface area contributed by atoms with Crippen LogP contribution < -0.4 is 0 Å². The summed E-state index contributed by atoms with van der Waals surface area (Å²) in [5, 5.41) is 10.3. The molecular formula is C92H60N6. The molecule has 18 rings (SSSR count). The number of benzene rings is 14. The number of fused-ring (bicyclic) bond motifs is 8. The van der Waals surface area contributed by atoms with Crippen LogP contribution in [0.4, 0.5) is 0 Å². The summed E-state index contributed by atoms with van der Waals surface area (Å²) in [4.78, 5) is 23.0. The molecule has 18 aromatic rings. The zero-order valence-electron chi connectivity index (χ0n) is 53.3. The Morgan fingerprint density at radius 1 is 0.153 bits per heavy atom. The van der Waals surface area contributed by atoms with E-state index in [-0.39, 0.29) is 0 Å². The zero-order chi connectivity index (χ0) is 64.9. The monoisotopic (exact) mass is 1250 g/mol. The van der Waals surface area contributed by atoms with Crippen LogP contribution >= 0.6 is 0 Å². The second-order valence-corrected chi connectivity index (χ2v) is 24.9. The van der Waals surface area contributed by atoms with Crippen LogP contribution in [-0.2, 0) is 0 Å². The lowest BCUT2D eigenvalue weighted by Crippen LogP contribution is -2.06. The second kappa shape index (κ2) is 24.6. The van der Waals surface area contributed by atoms with Crippen LogP contribution in [0, 0.1) is 0 Å². The van der Waals surface area contributed by atoms with Gasteiger partial charge >= 0.3 is 0 Å². The van der Waals surface area contributed by atoms with Crippen molar-refractivity contribution < 1.29 is 0 Å². The average Bonchev–Trinajstić information content (AvgIpc) is 1.53. The van der Waals surface area contributed by atoms with Crippen molar-refractivity contribution in [2.24, 2.45) is 0 Å². The third-order valence-electron chi connectivity index (χ3n) is 19.0. The molecule has 0 atom stereocenters. The van der Waals surface area contributed by atoms with Crippen LogP contribution in [0.3, 0.4) is 0 Å². The summed E-state index contributed by atoms with van der Waals surface area (Å²) >= 11 is 0. The minimum absolute atomic E-state index is 0.532. The van der Waals surface area contributed by atoms with E-state index in [1.54, 1.807) is 0 Å². The predicted molar refractivity (Wildman–Crippen MR) is 409 cm³/mol. The first-order valence-electron chi connectivity index (χ1n) is 33.3. The summed E-state index contributed by atoms with van der Waals surface area (Å²) < 4.78 is 4.67. The van der Waals surface area contributed by atoms with Crippen molar-refractivity contribution in [2.75, 3.05) is 0 Å². The Morgan fingerprint density at radius 2 is 0.357 bits per heavy atom. The van der Waals surface area contributed by atoms with Crippen LogP contribution in [0.1, 0.15) is 0 Å². The summed E-state index contributed by atoms with van der Waals surface area (Å²) in [6.07, 6.45) is 0. The topological polar surface area (TPSA) is 61.4 Å². The molecule has 0 unspecified atom stereocenters. The van der Waals surface area contributed by atoms with Crippen molar-refractivity contribution >= 4 is 75.9 Å². The molecule has 0 radical (unpaired) electrons. The standard InChI is InChI=1S/C92H60N6/c1-9-27-61(28-10-1)69-47-51-85-77(55-69)73-43-25-44-74-78-56-71(63-31-13-3-14-32-63)49-53-87(78)98(92-95-83(67-39-21-7-22-40-67)60-84(96-92)68-41-23-8-24-42-68)88-54-50-72(64-33-15-4-16-34-64)58-80(88)76-46-26-45-75(90(76)89(73)74)79-57-70(62-29-11-2-12-30-62)48-52-86(79)97(85)91-93-81(65-35-17-5-18-36-65)59-82(94-91)66-37-19-6-20-38-66/h1-60H. The quantitative estimate of drug-likeness (QED) is 0.137. The number of nitrogens with zero attached hydrogens (tertiary/aromatic N) is 6. The normalized spacial score (nSPS) is 11.5. The molecule has 458 valence electrons. The third kappa shape index (κ3) is 10.4. The summed E-state index contributed by atoms with van der Waals surface area (Å²) in [5.74, 6) is 1.06. The van der Waals surface area contributed by atoms with Crippen molar-refractivity contribution in [3.05, 3.63) is 364 Å².